The van der Waals surface area contributed by atoms with Gasteiger partial charge in [-0.2, -0.15) is 0 Å². The Kier molecular flexibility index (Phi) is 3.00. The summed E-state index contributed by atoms with van der Waals surface area (Å²) in [6.07, 6.45) is 1.90. The van der Waals surface area contributed by atoms with Crippen LogP contribution in [-0.2, 0) is 12.8 Å². The summed E-state index contributed by atoms with van der Waals surface area (Å²) in [7, 11) is 0. The largest absolute Gasteiger partial charge is 0.357 e. The first kappa shape index (κ1) is 14.7. The van der Waals surface area contributed by atoms with Gasteiger partial charge in [0.25, 0.3) is 0 Å². The molecule has 0 unspecified atom stereocenters. The van der Waals surface area contributed by atoms with Gasteiger partial charge in [-0.25, -0.2) is 0 Å². The third kappa shape index (κ3) is 2.21. The lowest BCUT2D eigenvalue weighted by molar-refractivity contribution is 1.05. The summed E-state index contributed by atoms with van der Waals surface area (Å²) in [5.41, 5.74) is 9.04. The van der Waals surface area contributed by atoms with Crippen molar-refractivity contribution in [1.82, 2.24) is 4.98 Å². The number of hydrogen-bond donors (Lipinski definition) is 2. The molecule has 0 saturated heterocycles. The van der Waals surface area contributed by atoms with E-state index in [-0.39, 0.29) is 0 Å². The molecular formula is C24H19N3. The van der Waals surface area contributed by atoms with Crippen molar-refractivity contribution in [3.63, 3.8) is 0 Å². The van der Waals surface area contributed by atoms with Crippen molar-refractivity contribution in [2.45, 2.75) is 12.8 Å². The first-order chi connectivity index (χ1) is 13.4. The molecule has 2 aliphatic rings. The summed E-state index contributed by atoms with van der Waals surface area (Å²) >= 11 is 0. The van der Waals surface area contributed by atoms with Gasteiger partial charge < -0.3 is 10.3 Å². The molecule has 0 spiro atoms. The van der Waals surface area contributed by atoms with Crippen molar-refractivity contribution in [3.8, 4) is 0 Å². The van der Waals surface area contributed by atoms with E-state index in [1.165, 1.54) is 44.8 Å². The number of H-pyrrole nitrogens is 1. The molecular weight excluding hydrogens is 330 g/mol. The zero-order valence-electron chi connectivity index (χ0n) is 14.9. The van der Waals surface area contributed by atoms with E-state index in [9.17, 15) is 0 Å². The summed E-state index contributed by atoms with van der Waals surface area (Å²) in [6.45, 7) is 0. The van der Waals surface area contributed by atoms with Crippen LogP contribution in [0.3, 0.4) is 0 Å². The van der Waals surface area contributed by atoms with Crippen LogP contribution in [0.1, 0.15) is 11.1 Å². The van der Waals surface area contributed by atoms with E-state index in [4.69, 9.17) is 0 Å². The molecule has 4 aromatic rings. The Morgan fingerprint density at radius 2 is 1.52 bits per heavy atom. The molecule has 3 heteroatoms. The molecule has 0 amide bonds. The van der Waals surface area contributed by atoms with Crippen molar-refractivity contribution in [2.75, 3.05) is 10.2 Å². The SMILES string of the molecule is c1ccc2c(c1)CC(=C1Cc3ccccc3N1c1cc3ccccc3[nH]1)N2. The van der Waals surface area contributed by atoms with Gasteiger partial charge in [0.15, 0.2) is 0 Å². The zero-order valence-corrected chi connectivity index (χ0v) is 14.9. The molecule has 1 aromatic heterocycles. The molecule has 2 aliphatic heterocycles. The Hall–Kier alpha value is -3.46. The van der Waals surface area contributed by atoms with Crippen LogP contribution in [0.25, 0.3) is 10.9 Å². The highest BCUT2D eigenvalue weighted by atomic mass is 15.2. The molecule has 0 fully saturated rings. The van der Waals surface area contributed by atoms with E-state index in [1.807, 2.05) is 0 Å². The monoisotopic (exact) mass is 349 g/mol. The quantitative estimate of drug-likeness (QED) is 0.459. The van der Waals surface area contributed by atoms with E-state index in [0.29, 0.717) is 0 Å². The highest BCUT2D eigenvalue weighted by molar-refractivity contribution is 5.88. The first-order valence-electron chi connectivity index (χ1n) is 9.39. The van der Waals surface area contributed by atoms with Crippen molar-refractivity contribution in [3.05, 3.63) is 101 Å². The number of benzene rings is 3. The molecule has 27 heavy (non-hydrogen) atoms. The molecule has 0 radical (unpaired) electrons. The molecule has 2 N–H and O–H groups in total. The van der Waals surface area contributed by atoms with E-state index >= 15 is 0 Å². The maximum Gasteiger partial charge on any atom is 0.115 e. The summed E-state index contributed by atoms with van der Waals surface area (Å²) in [5, 5.41) is 4.91. The van der Waals surface area contributed by atoms with Crippen molar-refractivity contribution in [2.24, 2.45) is 0 Å². The Bertz CT molecular complexity index is 1160. The average molecular weight is 349 g/mol. The predicted molar refractivity (Wildman–Crippen MR) is 111 cm³/mol. The number of allylic oxidation sites excluding steroid dienone is 2. The number of aromatic amines is 1. The van der Waals surface area contributed by atoms with Crippen LogP contribution in [0.2, 0.25) is 0 Å². The molecule has 3 heterocycles. The van der Waals surface area contributed by atoms with Gasteiger partial charge in [-0.3, -0.25) is 4.90 Å². The fraction of sp³-hybridized carbons (Fsp3) is 0.0833. The highest BCUT2D eigenvalue weighted by Crippen LogP contribution is 2.44. The van der Waals surface area contributed by atoms with E-state index in [1.54, 1.807) is 0 Å². The fourth-order valence-electron chi connectivity index (χ4n) is 4.35. The molecule has 6 rings (SSSR count). The second-order valence-corrected chi connectivity index (χ2v) is 7.27. The fourth-order valence-corrected chi connectivity index (χ4v) is 4.35. The van der Waals surface area contributed by atoms with Crippen LogP contribution in [0.4, 0.5) is 17.2 Å². The van der Waals surface area contributed by atoms with Crippen LogP contribution in [0, 0.1) is 0 Å². The number of aromatic nitrogens is 1. The van der Waals surface area contributed by atoms with E-state index in [0.717, 1.165) is 18.7 Å². The van der Waals surface area contributed by atoms with Gasteiger partial charge in [0.1, 0.15) is 5.82 Å². The van der Waals surface area contributed by atoms with Crippen LogP contribution in [0.15, 0.2) is 90.3 Å². The molecule has 130 valence electrons. The summed E-state index contributed by atoms with van der Waals surface area (Å²) in [5.74, 6) is 1.13. The van der Waals surface area contributed by atoms with Gasteiger partial charge in [-0.05, 0) is 35.4 Å². The predicted octanol–water partition coefficient (Wildman–Crippen LogP) is 5.74. The maximum absolute atomic E-state index is 3.67. The number of nitrogens with one attached hydrogen (secondary N) is 2. The Labute approximate surface area is 158 Å². The number of hydrogen-bond acceptors (Lipinski definition) is 2. The van der Waals surface area contributed by atoms with E-state index in [2.05, 4.69) is 94.1 Å². The van der Waals surface area contributed by atoms with Crippen LogP contribution >= 0.6 is 0 Å². The maximum atomic E-state index is 3.67. The van der Waals surface area contributed by atoms with Crippen molar-refractivity contribution in [1.29, 1.82) is 0 Å². The van der Waals surface area contributed by atoms with Gasteiger partial charge >= 0.3 is 0 Å². The topological polar surface area (TPSA) is 31.1 Å². The van der Waals surface area contributed by atoms with Gasteiger partial charge in [-0.1, -0.05) is 54.6 Å². The third-order valence-corrected chi connectivity index (χ3v) is 5.64. The zero-order chi connectivity index (χ0) is 17.8. The van der Waals surface area contributed by atoms with Crippen molar-refractivity contribution >= 4 is 28.1 Å². The lowest BCUT2D eigenvalue weighted by atomic mass is 10.1. The lowest BCUT2D eigenvalue weighted by Crippen LogP contribution is -2.16. The Morgan fingerprint density at radius 3 is 2.41 bits per heavy atom. The van der Waals surface area contributed by atoms with Gasteiger partial charge in [0.2, 0.25) is 0 Å². The smallest absolute Gasteiger partial charge is 0.115 e. The molecule has 0 atom stereocenters. The second kappa shape index (κ2) is 5.52. The number of nitrogens with zero attached hydrogens (tertiary/aromatic N) is 1. The Morgan fingerprint density at radius 1 is 0.741 bits per heavy atom. The molecule has 0 saturated carbocycles. The van der Waals surface area contributed by atoms with Gasteiger partial charge in [0, 0.05) is 40.8 Å². The minimum Gasteiger partial charge on any atom is -0.357 e. The van der Waals surface area contributed by atoms with Gasteiger partial charge in [-0.15, -0.1) is 0 Å². The number of para-hydroxylation sites is 3. The first-order valence-corrected chi connectivity index (χ1v) is 9.39. The Balaban J connectivity index is 1.53. The number of anilines is 3. The number of fused-ring (bicyclic) bond motifs is 3. The number of rotatable bonds is 1. The standard InChI is InChI=1S/C24H19N3/c1-4-10-19-16(7-1)13-21(25-19)23-14-18-9-3-6-12-22(18)27(23)24-15-17-8-2-5-11-20(17)26-24/h1-12,15,25-26H,13-14H2. The van der Waals surface area contributed by atoms with Crippen molar-refractivity contribution < 1.29 is 0 Å². The minimum absolute atomic E-state index is 0.946. The minimum atomic E-state index is 0.946. The summed E-state index contributed by atoms with van der Waals surface area (Å²) < 4.78 is 0. The normalized spacial score (nSPS) is 17.9. The van der Waals surface area contributed by atoms with Crippen LogP contribution in [-0.4, -0.2) is 4.98 Å². The van der Waals surface area contributed by atoms with E-state index < -0.39 is 0 Å². The molecule has 0 bridgehead atoms. The molecule has 0 aliphatic carbocycles. The van der Waals surface area contributed by atoms with Gasteiger partial charge in [0.05, 0.1) is 5.69 Å². The molecule has 3 aromatic carbocycles. The molecule has 3 nitrogen and oxygen atoms in total. The highest BCUT2D eigenvalue weighted by Gasteiger charge is 2.31. The second-order valence-electron chi connectivity index (χ2n) is 7.27. The lowest BCUT2D eigenvalue weighted by Gasteiger charge is -2.22. The third-order valence-electron chi connectivity index (χ3n) is 5.64. The average Bonchev–Trinajstić information content (AvgIpc) is 3.40. The summed E-state index contributed by atoms with van der Waals surface area (Å²) in [6, 6.07) is 28.0. The summed E-state index contributed by atoms with van der Waals surface area (Å²) in [4.78, 5) is 6.01. The van der Waals surface area contributed by atoms with Crippen LogP contribution in [0.5, 0.6) is 0 Å². The van der Waals surface area contributed by atoms with Crippen LogP contribution < -0.4 is 10.2 Å².